The topological polar surface area (TPSA) is 94.8 Å². The summed E-state index contributed by atoms with van der Waals surface area (Å²) in [6.07, 6.45) is 1.98. The molecule has 1 aromatic carbocycles. The number of alkyl carbamates (subject to hydrolysis) is 1. The molecule has 0 spiro atoms. The van der Waals surface area contributed by atoms with Gasteiger partial charge in [0, 0.05) is 5.56 Å². The van der Waals surface area contributed by atoms with Gasteiger partial charge >= 0.3 is 17.7 Å². The number of ether oxygens (including phenoxy) is 2. The Morgan fingerprint density at radius 3 is 2.48 bits per heavy atom. The fourth-order valence-electron chi connectivity index (χ4n) is 3.90. The number of rotatable bonds is 5. The summed E-state index contributed by atoms with van der Waals surface area (Å²) in [5.74, 6) is -0.0879. The van der Waals surface area contributed by atoms with Crippen LogP contribution in [-0.2, 0) is 22.4 Å². The monoisotopic (exact) mass is 429 g/mol. The third-order valence-electron chi connectivity index (χ3n) is 5.07. The lowest BCUT2D eigenvalue weighted by Gasteiger charge is -2.24. The molecule has 7 heteroatoms. The van der Waals surface area contributed by atoms with Crippen LogP contribution in [-0.4, -0.2) is 23.7 Å². The van der Waals surface area contributed by atoms with E-state index in [1.807, 2.05) is 20.8 Å². The Balaban J connectivity index is 1.94. The van der Waals surface area contributed by atoms with Crippen LogP contribution in [0, 0.1) is 12.8 Å². The molecule has 1 atom stereocenters. The van der Waals surface area contributed by atoms with Crippen molar-refractivity contribution in [3.05, 3.63) is 39.2 Å². The normalized spacial score (nSPS) is 14.4. The first-order valence-electron chi connectivity index (χ1n) is 10.7. The van der Waals surface area contributed by atoms with Gasteiger partial charge in [0.1, 0.15) is 23.0 Å². The Morgan fingerprint density at radius 1 is 1.16 bits per heavy atom. The minimum absolute atomic E-state index is 0.143. The molecule has 1 amide bonds. The second-order valence-corrected chi connectivity index (χ2v) is 9.59. The smallest absolute Gasteiger partial charge is 0.408 e. The zero-order valence-corrected chi connectivity index (χ0v) is 19.1. The lowest BCUT2D eigenvalue weighted by atomic mass is 10.0. The van der Waals surface area contributed by atoms with Crippen LogP contribution in [0.25, 0.3) is 11.0 Å². The number of amides is 1. The quantitative estimate of drug-likeness (QED) is 0.429. The number of hydrogen-bond donors (Lipinski definition) is 1. The van der Waals surface area contributed by atoms with Crippen molar-refractivity contribution in [3.63, 3.8) is 0 Å². The molecule has 3 rings (SSSR count). The van der Waals surface area contributed by atoms with E-state index in [1.54, 1.807) is 32.9 Å². The van der Waals surface area contributed by atoms with Gasteiger partial charge in [-0.1, -0.05) is 13.8 Å². The molecule has 168 valence electrons. The molecule has 1 unspecified atom stereocenters. The van der Waals surface area contributed by atoms with Crippen molar-refractivity contribution < 1.29 is 23.5 Å². The minimum Gasteiger partial charge on any atom is -0.444 e. The molecule has 1 aliphatic carbocycles. The van der Waals surface area contributed by atoms with Gasteiger partial charge in [0.05, 0.1) is 5.39 Å². The number of nitrogens with one attached hydrogen (secondary N) is 1. The maximum Gasteiger partial charge on any atom is 0.408 e. The second kappa shape index (κ2) is 8.73. The predicted molar refractivity (Wildman–Crippen MR) is 117 cm³/mol. The summed E-state index contributed by atoms with van der Waals surface area (Å²) in [4.78, 5) is 37.7. The van der Waals surface area contributed by atoms with Crippen molar-refractivity contribution in [2.24, 2.45) is 5.92 Å². The number of fused-ring (bicyclic) bond motifs is 3. The Labute approximate surface area is 182 Å². The largest absolute Gasteiger partial charge is 0.444 e. The van der Waals surface area contributed by atoms with Crippen LogP contribution in [0.2, 0.25) is 0 Å². The van der Waals surface area contributed by atoms with Gasteiger partial charge < -0.3 is 19.2 Å². The molecule has 0 bridgehead atoms. The third-order valence-corrected chi connectivity index (χ3v) is 5.07. The average molecular weight is 430 g/mol. The standard InChI is InChI=1S/C24H31NO6/c1-13(2)10-17(25-23(28)31-24(4,5)6)22(27)30-19-12-14(3)11-18-20(19)15-8-7-9-16(15)21(26)29-18/h11-13,17H,7-10H2,1-6H3,(H,25,28). The lowest BCUT2D eigenvalue weighted by molar-refractivity contribution is -0.137. The molecule has 1 aliphatic rings. The average Bonchev–Trinajstić information content (AvgIpc) is 3.08. The molecule has 31 heavy (non-hydrogen) atoms. The highest BCUT2D eigenvalue weighted by Gasteiger charge is 2.29. The Bertz CT molecular complexity index is 1060. The van der Waals surface area contributed by atoms with Crippen LogP contribution >= 0.6 is 0 Å². The number of carbonyl (C=O) groups is 2. The van der Waals surface area contributed by atoms with E-state index in [2.05, 4.69) is 5.32 Å². The van der Waals surface area contributed by atoms with Gasteiger partial charge in [0.25, 0.3) is 0 Å². The van der Waals surface area contributed by atoms with Crippen molar-refractivity contribution >= 4 is 23.0 Å². The highest BCUT2D eigenvalue weighted by atomic mass is 16.6. The highest BCUT2D eigenvalue weighted by molar-refractivity contribution is 5.92. The van der Waals surface area contributed by atoms with Gasteiger partial charge in [-0.05, 0) is 82.6 Å². The van der Waals surface area contributed by atoms with Gasteiger partial charge in [-0.15, -0.1) is 0 Å². The summed E-state index contributed by atoms with van der Waals surface area (Å²) in [7, 11) is 0. The Hall–Kier alpha value is -2.83. The number of benzene rings is 1. The van der Waals surface area contributed by atoms with Gasteiger partial charge in [0.2, 0.25) is 0 Å². The molecule has 1 heterocycles. The fraction of sp³-hybridized carbons (Fsp3) is 0.542. The Kier molecular flexibility index (Phi) is 6.43. The summed E-state index contributed by atoms with van der Waals surface area (Å²) in [6, 6.07) is 2.67. The number of carbonyl (C=O) groups excluding carboxylic acids is 2. The van der Waals surface area contributed by atoms with Crippen LogP contribution in [0.15, 0.2) is 21.3 Å². The molecule has 7 nitrogen and oxygen atoms in total. The van der Waals surface area contributed by atoms with Crippen LogP contribution in [0.4, 0.5) is 4.79 Å². The van der Waals surface area contributed by atoms with Gasteiger partial charge in [0.15, 0.2) is 0 Å². The zero-order chi connectivity index (χ0) is 22.9. The van der Waals surface area contributed by atoms with E-state index < -0.39 is 23.7 Å². The molecule has 0 fully saturated rings. The number of esters is 1. The summed E-state index contributed by atoms with van der Waals surface area (Å²) in [5, 5.41) is 3.30. The summed E-state index contributed by atoms with van der Waals surface area (Å²) < 4.78 is 16.6. The van der Waals surface area contributed by atoms with Crippen LogP contribution in [0.5, 0.6) is 5.75 Å². The van der Waals surface area contributed by atoms with Gasteiger partial charge in [-0.3, -0.25) is 0 Å². The molecular formula is C24H31NO6. The minimum atomic E-state index is -0.866. The van der Waals surface area contributed by atoms with E-state index in [4.69, 9.17) is 13.9 Å². The first-order valence-corrected chi connectivity index (χ1v) is 10.7. The highest BCUT2D eigenvalue weighted by Crippen LogP contribution is 2.35. The first kappa shape index (κ1) is 22.8. The van der Waals surface area contributed by atoms with Crippen molar-refractivity contribution in [1.82, 2.24) is 5.32 Å². The molecule has 1 aromatic heterocycles. The number of aryl methyl sites for hydroxylation is 2. The molecule has 1 N–H and O–H groups in total. The molecule has 0 saturated heterocycles. The Morgan fingerprint density at radius 2 is 1.84 bits per heavy atom. The van der Waals surface area contributed by atoms with Crippen LogP contribution in [0.3, 0.4) is 0 Å². The zero-order valence-electron chi connectivity index (χ0n) is 19.1. The maximum absolute atomic E-state index is 13.1. The molecular weight excluding hydrogens is 398 g/mol. The maximum atomic E-state index is 13.1. The van der Waals surface area contributed by atoms with Crippen molar-refractivity contribution in [1.29, 1.82) is 0 Å². The van der Waals surface area contributed by atoms with Crippen molar-refractivity contribution in [3.8, 4) is 5.75 Å². The van der Waals surface area contributed by atoms with E-state index in [0.717, 1.165) is 24.0 Å². The number of hydrogen-bond acceptors (Lipinski definition) is 6. The van der Waals surface area contributed by atoms with E-state index >= 15 is 0 Å². The predicted octanol–water partition coefficient (Wildman–Crippen LogP) is 4.43. The van der Waals surface area contributed by atoms with Gasteiger partial charge in [-0.2, -0.15) is 0 Å². The van der Waals surface area contributed by atoms with Crippen LogP contribution in [0.1, 0.15) is 64.2 Å². The lowest BCUT2D eigenvalue weighted by Crippen LogP contribution is -2.45. The molecule has 0 radical (unpaired) electrons. The van der Waals surface area contributed by atoms with E-state index in [0.29, 0.717) is 35.1 Å². The summed E-state index contributed by atoms with van der Waals surface area (Å²) in [5.41, 5.74) is 1.74. The fourth-order valence-corrected chi connectivity index (χ4v) is 3.90. The first-order chi connectivity index (χ1) is 14.4. The molecule has 0 saturated carbocycles. The summed E-state index contributed by atoms with van der Waals surface area (Å²) >= 11 is 0. The van der Waals surface area contributed by atoms with Crippen molar-refractivity contribution in [2.45, 2.75) is 78.9 Å². The molecule has 2 aromatic rings. The van der Waals surface area contributed by atoms with Gasteiger partial charge in [-0.25, -0.2) is 14.4 Å². The molecule has 0 aliphatic heterocycles. The van der Waals surface area contributed by atoms with E-state index in [-0.39, 0.29) is 11.5 Å². The third kappa shape index (κ3) is 5.46. The summed E-state index contributed by atoms with van der Waals surface area (Å²) in [6.45, 7) is 11.0. The van der Waals surface area contributed by atoms with Crippen molar-refractivity contribution in [2.75, 3.05) is 0 Å². The second-order valence-electron chi connectivity index (χ2n) is 9.59. The SMILES string of the molecule is Cc1cc(OC(=O)C(CC(C)C)NC(=O)OC(C)(C)C)c2c3c(c(=O)oc2c1)CCC3. The van der Waals surface area contributed by atoms with E-state index in [9.17, 15) is 14.4 Å². The van der Waals surface area contributed by atoms with Crippen LogP contribution < -0.4 is 15.7 Å². The van der Waals surface area contributed by atoms with E-state index in [1.165, 1.54) is 0 Å².